The van der Waals surface area contributed by atoms with Crippen LogP contribution < -0.4 is 10.1 Å². The number of amides is 1. The van der Waals surface area contributed by atoms with Crippen molar-refractivity contribution in [3.8, 4) is 5.75 Å². The quantitative estimate of drug-likeness (QED) is 0.710. The van der Waals surface area contributed by atoms with E-state index < -0.39 is 0 Å². The van der Waals surface area contributed by atoms with Gasteiger partial charge in [0.2, 0.25) is 0 Å². The molecule has 0 spiro atoms. The number of benzene rings is 2. The second-order valence-corrected chi connectivity index (χ2v) is 6.44. The highest BCUT2D eigenvalue weighted by atomic mass is 127. The molecular weight excluding hydrogens is 389 g/mol. The van der Waals surface area contributed by atoms with Gasteiger partial charge in [0.1, 0.15) is 5.75 Å². The summed E-state index contributed by atoms with van der Waals surface area (Å²) >= 11 is 2.25. The summed E-state index contributed by atoms with van der Waals surface area (Å²) in [5.41, 5.74) is 3.16. The third-order valence-corrected chi connectivity index (χ3v) is 3.97. The molecule has 116 valence electrons. The Hall–Kier alpha value is -1.56. The molecule has 0 saturated heterocycles. The van der Waals surface area contributed by atoms with Crippen LogP contribution in [-0.2, 0) is 11.2 Å². The van der Waals surface area contributed by atoms with Gasteiger partial charge in [-0.05, 0) is 77.4 Å². The largest absolute Gasteiger partial charge is 0.484 e. The van der Waals surface area contributed by atoms with E-state index in [2.05, 4.69) is 34.8 Å². The van der Waals surface area contributed by atoms with Crippen molar-refractivity contribution in [2.45, 2.75) is 26.7 Å². The van der Waals surface area contributed by atoms with E-state index in [9.17, 15) is 4.79 Å². The maximum Gasteiger partial charge on any atom is 0.262 e. The van der Waals surface area contributed by atoms with E-state index >= 15 is 0 Å². The summed E-state index contributed by atoms with van der Waals surface area (Å²) in [5.74, 6) is 0.566. The molecule has 0 bridgehead atoms. The first kappa shape index (κ1) is 16.8. The lowest BCUT2D eigenvalue weighted by molar-refractivity contribution is -0.118. The highest BCUT2D eigenvalue weighted by molar-refractivity contribution is 14.1. The molecule has 3 nitrogen and oxygen atoms in total. The minimum Gasteiger partial charge on any atom is -0.484 e. The van der Waals surface area contributed by atoms with E-state index in [1.54, 1.807) is 0 Å². The number of hydrogen-bond acceptors (Lipinski definition) is 2. The Morgan fingerprint density at radius 2 is 1.91 bits per heavy atom. The molecule has 0 radical (unpaired) electrons. The zero-order valence-electron chi connectivity index (χ0n) is 12.9. The average molecular weight is 409 g/mol. The number of carbonyl (C=O) groups excluding carboxylic acids is 1. The molecule has 0 heterocycles. The zero-order valence-corrected chi connectivity index (χ0v) is 15.0. The van der Waals surface area contributed by atoms with Crippen LogP contribution in [0, 0.1) is 10.5 Å². The van der Waals surface area contributed by atoms with Crippen molar-refractivity contribution in [1.29, 1.82) is 0 Å². The molecule has 0 fully saturated rings. The Kier molecular flexibility index (Phi) is 6.24. The number of ether oxygens (including phenoxy) is 1. The Morgan fingerprint density at radius 3 is 2.55 bits per heavy atom. The topological polar surface area (TPSA) is 38.3 Å². The van der Waals surface area contributed by atoms with Gasteiger partial charge in [0.15, 0.2) is 6.61 Å². The van der Waals surface area contributed by atoms with E-state index in [1.807, 2.05) is 49.4 Å². The predicted octanol–water partition coefficient (Wildman–Crippen LogP) is 4.57. The fourth-order valence-electron chi connectivity index (χ4n) is 2.14. The van der Waals surface area contributed by atoms with Crippen LogP contribution in [0.2, 0.25) is 0 Å². The second kappa shape index (κ2) is 8.17. The maximum atomic E-state index is 12.0. The van der Waals surface area contributed by atoms with E-state index in [-0.39, 0.29) is 12.5 Å². The summed E-state index contributed by atoms with van der Waals surface area (Å²) in [4.78, 5) is 12.0. The van der Waals surface area contributed by atoms with Gasteiger partial charge in [0.25, 0.3) is 5.91 Å². The monoisotopic (exact) mass is 409 g/mol. The van der Waals surface area contributed by atoms with Crippen molar-refractivity contribution in [3.05, 3.63) is 57.2 Å². The summed E-state index contributed by atoms with van der Waals surface area (Å²) in [7, 11) is 0. The summed E-state index contributed by atoms with van der Waals surface area (Å²) in [6.07, 6.45) is 2.19. The van der Waals surface area contributed by atoms with Gasteiger partial charge < -0.3 is 10.1 Å². The van der Waals surface area contributed by atoms with Crippen molar-refractivity contribution in [1.82, 2.24) is 0 Å². The third kappa shape index (κ3) is 5.02. The lowest BCUT2D eigenvalue weighted by Crippen LogP contribution is -2.20. The Balaban J connectivity index is 1.87. The number of halogens is 1. The van der Waals surface area contributed by atoms with Crippen LogP contribution in [0.3, 0.4) is 0 Å². The van der Waals surface area contributed by atoms with Crippen LogP contribution in [0.1, 0.15) is 24.5 Å². The molecule has 0 aromatic heterocycles. The minimum atomic E-state index is -0.151. The summed E-state index contributed by atoms with van der Waals surface area (Å²) in [6, 6.07) is 13.8. The van der Waals surface area contributed by atoms with Gasteiger partial charge in [-0.2, -0.15) is 0 Å². The molecule has 0 aliphatic rings. The molecule has 0 unspecified atom stereocenters. The Labute approximate surface area is 145 Å². The van der Waals surface area contributed by atoms with Gasteiger partial charge in [-0.25, -0.2) is 0 Å². The molecule has 0 atom stereocenters. The SMILES string of the molecule is CCCc1ccc(OCC(=O)Nc2ccc(I)cc2C)cc1. The number of rotatable bonds is 6. The lowest BCUT2D eigenvalue weighted by Gasteiger charge is -2.10. The van der Waals surface area contributed by atoms with Crippen molar-refractivity contribution in [2.75, 3.05) is 11.9 Å². The van der Waals surface area contributed by atoms with E-state index in [4.69, 9.17) is 4.74 Å². The number of anilines is 1. The van der Waals surface area contributed by atoms with Gasteiger partial charge in [-0.15, -0.1) is 0 Å². The maximum absolute atomic E-state index is 12.0. The number of hydrogen-bond donors (Lipinski definition) is 1. The fourth-order valence-corrected chi connectivity index (χ4v) is 2.79. The molecule has 1 amide bonds. The first-order valence-corrected chi connectivity index (χ1v) is 8.44. The highest BCUT2D eigenvalue weighted by Gasteiger charge is 2.06. The highest BCUT2D eigenvalue weighted by Crippen LogP contribution is 2.18. The number of aryl methyl sites for hydroxylation is 2. The van der Waals surface area contributed by atoms with Crippen LogP contribution in [0.15, 0.2) is 42.5 Å². The summed E-state index contributed by atoms with van der Waals surface area (Å²) < 4.78 is 6.67. The van der Waals surface area contributed by atoms with Gasteiger partial charge >= 0.3 is 0 Å². The normalized spacial score (nSPS) is 10.3. The molecule has 1 N–H and O–H groups in total. The molecule has 0 aliphatic carbocycles. The van der Waals surface area contributed by atoms with E-state index in [1.165, 1.54) is 5.56 Å². The summed E-state index contributed by atoms with van der Waals surface area (Å²) in [6.45, 7) is 4.14. The standard InChI is InChI=1S/C18H20INO2/c1-3-4-14-5-8-16(9-6-14)22-12-18(21)20-17-10-7-15(19)11-13(17)2/h5-11H,3-4,12H2,1-2H3,(H,20,21). The van der Waals surface area contributed by atoms with Gasteiger partial charge in [-0.1, -0.05) is 25.5 Å². The van der Waals surface area contributed by atoms with Crippen molar-refractivity contribution >= 4 is 34.2 Å². The number of nitrogens with one attached hydrogen (secondary N) is 1. The Bertz CT molecular complexity index is 638. The molecule has 22 heavy (non-hydrogen) atoms. The van der Waals surface area contributed by atoms with Crippen molar-refractivity contribution in [2.24, 2.45) is 0 Å². The second-order valence-electron chi connectivity index (χ2n) is 5.19. The van der Waals surface area contributed by atoms with E-state index in [0.29, 0.717) is 5.75 Å². The zero-order chi connectivity index (χ0) is 15.9. The van der Waals surface area contributed by atoms with Crippen molar-refractivity contribution in [3.63, 3.8) is 0 Å². The molecular formula is C18H20INO2. The molecule has 2 aromatic carbocycles. The first-order chi connectivity index (χ1) is 10.6. The molecule has 2 aromatic rings. The van der Waals surface area contributed by atoms with Crippen LogP contribution >= 0.6 is 22.6 Å². The molecule has 0 aliphatic heterocycles. The van der Waals surface area contributed by atoms with Crippen LogP contribution in [-0.4, -0.2) is 12.5 Å². The van der Waals surface area contributed by atoms with Gasteiger partial charge in [0, 0.05) is 9.26 Å². The molecule has 4 heteroatoms. The van der Waals surface area contributed by atoms with Crippen LogP contribution in [0.4, 0.5) is 5.69 Å². The van der Waals surface area contributed by atoms with Crippen molar-refractivity contribution < 1.29 is 9.53 Å². The number of carbonyl (C=O) groups is 1. The lowest BCUT2D eigenvalue weighted by atomic mass is 10.1. The predicted molar refractivity (Wildman–Crippen MR) is 98.5 cm³/mol. The minimum absolute atomic E-state index is 0.0125. The van der Waals surface area contributed by atoms with Crippen LogP contribution in [0.5, 0.6) is 5.75 Å². The molecule has 2 rings (SSSR count). The van der Waals surface area contributed by atoms with E-state index in [0.717, 1.165) is 27.7 Å². The first-order valence-electron chi connectivity index (χ1n) is 7.36. The fraction of sp³-hybridized carbons (Fsp3) is 0.278. The third-order valence-electron chi connectivity index (χ3n) is 3.29. The average Bonchev–Trinajstić information content (AvgIpc) is 2.50. The molecule has 0 saturated carbocycles. The Morgan fingerprint density at radius 1 is 1.18 bits per heavy atom. The van der Waals surface area contributed by atoms with Crippen LogP contribution in [0.25, 0.3) is 0 Å². The smallest absolute Gasteiger partial charge is 0.262 e. The summed E-state index contributed by atoms with van der Waals surface area (Å²) in [5, 5.41) is 2.87. The van der Waals surface area contributed by atoms with Gasteiger partial charge in [-0.3, -0.25) is 4.79 Å². The van der Waals surface area contributed by atoms with Gasteiger partial charge in [0.05, 0.1) is 0 Å².